The van der Waals surface area contributed by atoms with Gasteiger partial charge >= 0.3 is 0 Å². The van der Waals surface area contributed by atoms with Crippen molar-refractivity contribution >= 4 is 11.0 Å². The van der Waals surface area contributed by atoms with Crippen molar-refractivity contribution in [3.05, 3.63) is 40.1 Å². The highest BCUT2D eigenvalue weighted by Gasteiger charge is 2.26. The largest absolute Gasteiger partial charge is 0.502 e. The van der Waals surface area contributed by atoms with Crippen molar-refractivity contribution in [2.45, 2.75) is 31.7 Å². The molecule has 0 saturated carbocycles. The van der Waals surface area contributed by atoms with Crippen molar-refractivity contribution in [3.8, 4) is 17.2 Å². The van der Waals surface area contributed by atoms with Crippen molar-refractivity contribution in [3.63, 3.8) is 0 Å². The molecular formula is C19H22N4O4. The first-order valence-corrected chi connectivity index (χ1v) is 8.89. The summed E-state index contributed by atoms with van der Waals surface area (Å²) in [5.41, 5.74) is 1.53. The number of aromatic nitrogens is 4. The Kier molecular flexibility index (Phi) is 4.25. The van der Waals surface area contributed by atoms with E-state index in [0.717, 1.165) is 24.2 Å². The molecule has 1 N–H and O–H groups in total. The van der Waals surface area contributed by atoms with Gasteiger partial charge in [0, 0.05) is 19.5 Å². The Labute approximate surface area is 156 Å². The molecule has 3 aromatic rings. The van der Waals surface area contributed by atoms with Crippen LogP contribution in [0.15, 0.2) is 23.1 Å². The summed E-state index contributed by atoms with van der Waals surface area (Å²) in [5, 5.41) is 14.8. The number of fused-ring (bicyclic) bond motifs is 2. The van der Waals surface area contributed by atoms with Gasteiger partial charge in [-0.15, -0.1) is 0 Å². The maximum Gasteiger partial charge on any atom is 0.264 e. The summed E-state index contributed by atoms with van der Waals surface area (Å²) < 4.78 is 13.9. The first kappa shape index (κ1) is 17.4. The van der Waals surface area contributed by atoms with E-state index in [4.69, 9.17) is 14.5 Å². The Bertz CT molecular complexity index is 1040. The summed E-state index contributed by atoms with van der Waals surface area (Å²) >= 11 is 0. The van der Waals surface area contributed by atoms with Crippen LogP contribution in [0.2, 0.25) is 0 Å². The number of methoxy groups -OCH3 is 2. The molecule has 0 fully saturated rings. The van der Waals surface area contributed by atoms with Crippen LogP contribution in [0, 0.1) is 0 Å². The number of aromatic hydroxyl groups is 1. The number of ether oxygens (including phenoxy) is 2. The van der Waals surface area contributed by atoms with Gasteiger partial charge in [-0.05, 0) is 37.0 Å². The van der Waals surface area contributed by atoms with Crippen LogP contribution in [0.3, 0.4) is 0 Å². The molecule has 3 heterocycles. The van der Waals surface area contributed by atoms with Gasteiger partial charge in [0.1, 0.15) is 11.2 Å². The zero-order valence-electron chi connectivity index (χ0n) is 15.6. The summed E-state index contributed by atoms with van der Waals surface area (Å²) in [6, 6.07) is 3.61. The minimum absolute atomic E-state index is 0.0151. The number of hydrogen-bond donors (Lipinski definition) is 1. The lowest BCUT2D eigenvalue weighted by Gasteiger charge is -2.26. The number of rotatable bonds is 4. The third kappa shape index (κ3) is 2.81. The van der Waals surface area contributed by atoms with Crippen molar-refractivity contribution < 1.29 is 14.6 Å². The number of phenols is 1. The predicted octanol–water partition coefficient (Wildman–Crippen LogP) is 1.97. The Morgan fingerprint density at radius 1 is 1.26 bits per heavy atom. The van der Waals surface area contributed by atoms with Crippen molar-refractivity contribution in [1.29, 1.82) is 0 Å². The molecule has 27 heavy (non-hydrogen) atoms. The second-order valence-corrected chi connectivity index (χ2v) is 6.82. The highest BCUT2D eigenvalue weighted by molar-refractivity contribution is 5.73. The lowest BCUT2D eigenvalue weighted by atomic mass is 9.91. The summed E-state index contributed by atoms with van der Waals surface area (Å²) in [4.78, 5) is 17.6. The molecule has 0 radical (unpaired) electrons. The second-order valence-electron chi connectivity index (χ2n) is 6.82. The van der Waals surface area contributed by atoms with Gasteiger partial charge in [-0.25, -0.2) is 4.98 Å². The molecule has 8 heteroatoms. The van der Waals surface area contributed by atoms with Gasteiger partial charge in [0.25, 0.3) is 5.56 Å². The molecule has 0 spiro atoms. The van der Waals surface area contributed by atoms with E-state index in [1.165, 1.54) is 14.2 Å². The molecule has 0 amide bonds. The fraction of sp³-hybridized carbons (Fsp3) is 0.421. The van der Waals surface area contributed by atoms with Gasteiger partial charge in [-0.1, -0.05) is 0 Å². The average Bonchev–Trinajstić information content (AvgIpc) is 3.05. The zero-order valence-corrected chi connectivity index (χ0v) is 15.6. The molecule has 0 bridgehead atoms. The van der Waals surface area contributed by atoms with Crippen LogP contribution >= 0.6 is 0 Å². The van der Waals surface area contributed by atoms with E-state index in [-0.39, 0.29) is 17.2 Å². The number of aryl methyl sites for hydroxylation is 1. The molecule has 0 aliphatic carbocycles. The highest BCUT2D eigenvalue weighted by atomic mass is 16.5. The molecule has 1 aliphatic heterocycles. The van der Waals surface area contributed by atoms with Crippen LogP contribution in [0.5, 0.6) is 17.2 Å². The Balaban J connectivity index is 1.78. The minimum Gasteiger partial charge on any atom is -0.502 e. The van der Waals surface area contributed by atoms with E-state index in [1.54, 1.807) is 34.6 Å². The van der Waals surface area contributed by atoms with Gasteiger partial charge in [0.05, 0.1) is 20.4 Å². The SMILES string of the molecule is COc1cc(CC2CCCn3c2nc2c(cnn2C)c3=O)cc(OC)c1O. The van der Waals surface area contributed by atoms with Crippen LogP contribution in [-0.4, -0.2) is 38.7 Å². The van der Waals surface area contributed by atoms with Crippen LogP contribution in [0.1, 0.15) is 30.1 Å². The van der Waals surface area contributed by atoms with E-state index < -0.39 is 0 Å². The molecule has 0 saturated heterocycles. The van der Waals surface area contributed by atoms with Gasteiger partial charge in [-0.3, -0.25) is 14.0 Å². The van der Waals surface area contributed by atoms with E-state index in [1.807, 2.05) is 0 Å². The smallest absolute Gasteiger partial charge is 0.264 e. The van der Waals surface area contributed by atoms with E-state index >= 15 is 0 Å². The fourth-order valence-electron chi connectivity index (χ4n) is 3.83. The number of benzene rings is 1. The molecule has 1 unspecified atom stereocenters. The number of phenolic OH excluding ortho intramolecular Hbond substituents is 1. The number of nitrogens with zero attached hydrogens (tertiary/aromatic N) is 4. The Morgan fingerprint density at radius 2 is 1.96 bits per heavy atom. The standard InChI is InChI=1S/C19H22N4O4/c1-22-18-13(10-20-22)19(25)23-6-4-5-12(17(23)21-18)7-11-8-14(26-2)16(24)15(9-11)27-3/h8-10,12,24H,4-7H2,1-3H3. The molecular weight excluding hydrogens is 348 g/mol. The lowest BCUT2D eigenvalue weighted by molar-refractivity contribution is 0.338. The predicted molar refractivity (Wildman–Crippen MR) is 99.7 cm³/mol. The average molecular weight is 370 g/mol. The summed E-state index contributed by atoms with van der Waals surface area (Å²) in [7, 11) is 4.81. The molecule has 1 atom stereocenters. The molecule has 142 valence electrons. The third-order valence-corrected chi connectivity index (χ3v) is 5.20. The first-order chi connectivity index (χ1) is 13.0. The lowest BCUT2D eigenvalue weighted by Crippen LogP contribution is -2.31. The Morgan fingerprint density at radius 3 is 2.63 bits per heavy atom. The van der Waals surface area contributed by atoms with Crippen LogP contribution in [0.4, 0.5) is 0 Å². The third-order valence-electron chi connectivity index (χ3n) is 5.20. The monoisotopic (exact) mass is 370 g/mol. The first-order valence-electron chi connectivity index (χ1n) is 8.89. The molecule has 1 aliphatic rings. The van der Waals surface area contributed by atoms with Gasteiger partial charge < -0.3 is 14.6 Å². The van der Waals surface area contributed by atoms with Gasteiger partial charge in [0.2, 0.25) is 5.75 Å². The van der Waals surface area contributed by atoms with Gasteiger partial charge in [-0.2, -0.15) is 5.10 Å². The fourth-order valence-corrected chi connectivity index (χ4v) is 3.83. The van der Waals surface area contributed by atoms with Crippen LogP contribution in [-0.2, 0) is 20.0 Å². The molecule has 1 aromatic carbocycles. The van der Waals surface area contributed by atoms with Crippen LogP contribution < -0.4 is 15.0 Å². The van der Waals surface area contributed by atoms with Crippen molar-refractivity contribution in [2.24, 2.45) is 7.05 Å². The summed E-state index contributed by atoms with van der Waals surface area (Å²) in [6.07, 6.45) is 4.10. The maximum atomic E-state index is 12.8. The molecule has 8 nitrogen and oxygen atoms in total. The minimum atomic E-state index is -0.0336. The highest BCUT2D eigenvalue weighted by Crippen LogP contribution is 2.39. The maximum absolute atomic E-state index is 12.8. The van der Waals surface area contributed by atoms with Gasteiger partial charge in [0.15, 0.2) is 17.1 Å². The van der Waals surface area contributed by atoms with Crippen molar-refractivity contribution in [1.82, 2.24) is 19.3 Å². The quantitative estimate of drug-likeness (QED) is 0.755. The van der Waals surface area contributed by atoms with E-state index in [9.17, 15) is 9.90 Å². The molecule has 4 rings (SSSR count). The summed E-state index contributed by atoms with van der Waals surface area (Å²) in [5.74, 6) is 1.59. The Hall–Kier alpha value is -3.03. The number of hydrogen-bond acceptors (Lipinski definition) is 6. The zero-order chi connectivity index (χ0) is 19.1. The van der Waals surface area contributed by atoms with E-state index in [2.05, 4.69) is 5.10 Å². The molecule has 2 aromatic heterocycles. The topological polar surface area (TPSA) is 91.4 Å². The normalized spacial score (nSPS) is 16.3. The van der Waals surface area contributed by atoms with E-state index in [0.29, 0.717) is 35.5 Å². The second kappa shape index (κ2) is 6.61. The summed E-state index contributed by atoms with van der Waals surface area (Å²) in [6.45, 7) is 0.671. The van der Waals surface area contributed by atoms with Crippen LogP contribution in [0.25, 0.3) is 11.0 Å². The van der Waals surface area contributed by atoms with Crippen molar-refractivity contribution in [2.75, 3.05) is 14.2 Å².